The summed E-state index contributed by atoms with van der Waals surface area (Å²) < 4.78 is 0. The second-order valence-electron chi connectivity index (χ2n) is 3.47. The second kappa shape index (κ2) is 3.66. The van der Waals surface area contributed by atoms with E-state index in [0.29, 0.717) is 0 Å². The zero-order valence-corrected chi connectivity index (χ0v) is 8.08. The quantitative estimate of drug-likeness (QED) is 0.605. The van der Waals surface area contributed by atoms with Crippen molar-refractivity contribution in [3.05, 3.63) is 0 Å². The highest BCUT2D eigenvalue weighted by Crippen LogP contribution is 2.42. The molecule has 3 atom stereocenters. The van der Waals surface area contributed by atoms with Crippen molar-refractivity contribution in [2.24, 2.45) is 11.8 Å². The van der Waals surface area contributed by atoms with Gasteiger partial charge in [0.1, 0.15) is 0 Å². The SMILES string of the molecule is CCSC(C)CC1CC1C. The molecule has 10 heavy (non-hydrogen) atoms. The lowest BCUT2D eigenvalue weighted by Gasteiger charge is -2.07. The van der Waals surface area contributed by atoms with Gasteiger partial charge in [0.15, 0.2) is 0 Å². The van der Waals surface area contributed by atoms with Crippen LogP contribution in [0.2, 0.25) is 0 Å². The van der Waals surface area contributed by atoms with E-state index in [1.54, 1.807) is 0 Å². The molecular weight excluding hydrogens is 140 g/mol. The lowest BCUT2D eigenvalue weighted by Crippen LogP contribution is -1.98. The predicted octanol–water partition coefficient (Wildman–Crippen LogP) is 3.17. The molecule has 0 aliphatic heterocycles. The van der Waals surface area contributed by atoms with Gasteiger partial charge in [0.2, 0.25) is 0 Å². The summed E-state index contributed by atoms with van der Waals surface area (Å²) >= 11 is 2.10. The van der Waals surface area contributed by atoms with Crippen molar-refractivity contribution in [2.45, 2.75) is 38.9 Å². The van der Waals surface area contributed by atoms with Crippen molar-refractivity contribution >= 4 is 11.8 Å². The average Bonchev–Trinajstić information content (AvgIpc) is 2.47. The third-order valence-electron chi connectivity index (χ3n) is 2.36. The highest BCUT2D eigenvalue weighted by Gasteiger charge is 2.33. The molecule has 0 aromatic heterocycles. The standard InChI is InChI=1S/C9H18S/c1-4-10-8(3)6-9-5-7(9)2/h7-9H,4-6H2,1-3H3. The van der Waals surface area contributed by atoms with Crippen LogP contribution in [0.15, 0.2) is 0 Å². The molecule has 0 aromatic rings. The van der Waals surface area contributed by atoms with Gasteiger partial charge < -0.3 is 0 Å². The number of rotatable bonds is 4. The minimum Gasteiger partial charge on any atom is -0.159 e. The average molecular weight is 158 g/mol. The smallest absolute Gasteiger partial charge is 0.00213 e. The van der Waals surface area contributed by atoms with Crippen molar-refractivity contribution in [3.8, 4) is 0 Å². The zero-order valence-electron chi connectivity index (χ0n) is 7.26. The van der Waals surface area contributed by atoms with E-state index in [1.807, 2.05) is 0 Å². The molecule has 0 radical (unpaired) electrons. The van der Waals surface area contributed by atoms with Crippen molar-refractivity contribution in [3.63, 3.8) is 0 Å². The zero-order chi connectivity index (χ0) is 7.56. The van der Waals surface area contributed by atoms with Gasteiger partial charge in [0.25, 0.3) is 0 Å². The molecule has 3 unspecified atom stereocenters. The van der Waals surface area contributed by atoms with Gasteiger partial charge in [-0.05, 0) is 30.4 Å². The van der Waals surface area contributed by atoms with E-state index in [4.69, 9.17) is 0 Å². The Hall–Kier alpha value is 0.350. The topological polar surface area (TPSA) is 0 Å². The number of thioether (sulfide) groups is 1. The molecule has 0 N–H and O–H groups in total. The maximum absolute atomic E-state index is 2.37. The highest BCUT2D eigenvalue weighted by atomic mass is 32.2. The van der Waals surface area contributed by atoms with E-state index < -0.39 is 0 Å². The van der Waals surface area contributed by atoms with E-state index in [-0.39, 0.29) is 0 Å². The summed E-state index contributed by atoms with van der Waals surface area (Å²) in [4.78, 5) is 0. The number of hydrogen-bond donors (Lipinski definition) is 0. The molecule has 1 saturated carbocycles. The van der Waals surface area contributed by atoms with E-state index in [9.17, 15) is 0 Å². The molecule has 0 saturated heterocycles. The van der Waals surface area contributed by atoms with Crippen molar-refractivity contribution in [2.75, 3.05) is 5.75 Å². The Labute approximate surface area is 68.8 Å². The first-order valence-corrected chi connectivity index (χ1v) is 5.40. The molecule has 1 heteroatoms. The molecule has 0 amide bonds. The molecule has 1 aliphatic carbocycles. The van der Waals surface area contributed by atoms with Crippen LogP contribution in [-0.2, 0) is 0 Å². The molecule has 0 spiro atoms. The molecule has 0 heterocycles. The molecule has 0 aromatic carbocycles. The summed E-state index contributed by atoms with van der Waals surface area (Å²) in [7, 11) is 0. The Balaban J connectivity index is 2.01. The Bertz CT molecular complexity index is 101. The predicted molar refractivity (Wildman–Crippen MR) is 49.5 cm³/mol. The monoisotopic (exact) mass is 158 g/mol. The first-order valence-electron chi connectivity index (χ1n) is 4.35. The summed E-state index contributed by atoms with van der Waals surface area (Å²) in [6.07, 6.45) is 2.95. The van der Waals surface area contributed by atoms with Crippen LogP contribution in [0.4, 0.5) is 0 Å². The van der Waals surface area contributed by atoms with Crippen LogP contribution in [0.5, 0.6) is 0 Å². The van der Waals surface area contributed by atoms with E-state index in [1.165, 1.54) is 18.6 Å². The Morgan fingerprint density at radius 2 is 2.20 bits per heavy atom. The normalized spacial score (nSPS) is 33.9. The van der Waals surface area contributed by atoms with Gasteiger partial charge in [-0.15, -0.1) is 0 Å². The maximum Gasteiger partial charge on any atom is 0.00213 e. The summed E-state index contributed by atoms with van der Waals surface area (Å²) in [6.45, 7) is 6.98. The molecule has 1 fully saturated rings. The van der Waals surface area contributed by atoms with Crippen LogP contribution in [-0.4, -0.2) is 11.0 Å². The molecule has 1 aliphatic rings. The van der Waals surface area contributed by atoms with Crippen molar-refractivity contribution < 1.29 is 0 Å². The fraction of sp³-hybridized carbons (Fsp3) is 1.00. The van der Waals surface area contributed by atoms with E-state index >= 15 is 0 Å². The largest absolute Gasteiger partial charge is 0.159 e. The van der Waals surface area contributed by atoms with Gasteiger partial charge in [0, 0.05) is 5.25 Å². The Kier molecular flexibility index (Phi) is 3.09. The summed E-state index contributed by atoms with van der Waals surface area (Å²) in [5.74, 6) is 3.40. The minimum absolute atomic E-state index is 0.903. The lowest BCUT2D eigenvalue weighted by molar-refractivity contribution is 0.670. The molecule has 1 rings (SSSR count). The summed E-state index contributed by atoms with van der Waals surface area (Å²) in [5, 5.41) is 0.903. The molecule has 0 bridgehead atoms. The Morgan fingerprint density at radius 1 is 1.60 bits per heavy atom. The van der Waals surface area contributed by atoms with Gasteiger partial charge in [-0.3, -0.25) is 0 Å². The third-order valence-corrected chi connectivity index (χ3v) is 3.46. The third kappa shape index (κ3) is 2.53. The van der Waals surface area contributed by atoms with Crippen molar-refractivity contribution in [1.82, 2.24) is 0 Å². The van der Waals surface area contributed by atoms with E-state index in [2.05, 4.69) is 32.5 Å². The first kappa shape index (κ1) is 8.45. The van der Waals surface area contributed by atoms with Crippen LogP contribution in [0, 0.1) is 11.8 Å². The highest BCUT2D eigenvalue weighted by molar-refractivity contribution is 7.99. The number of hydrogen-bond acceptors (Lipinski definition) is 1. The Morgan fingerprint density at radius 3 is 2.60 bits per heavy atom. The molecule has 60 valence electrons. The van der Waals surface area contributed by atoms with Gasteiger partial charge in [-0.25, -0.2) is 0 Å². The summed E-state index contributed by atoms with van der Waals surface area (Å²) in [5.41, 5.74) is 0. The fourth-order valence-electron chi connectivity index (χ4n) is 1.51. The van der Waals surface area contributed by atoms with Crippen LogP contribution in [0.3, 0.4) is 0 Å². The lowest BCUT2D eigenvalue weighted by atomic mass is 10.2. The van der Waals surface area contributed by atoms with Crippen molar-refractivity contribution in [1.29, 1.82) is 0 Å². The first-order chi connectivity index (χ1) is 4.74. The van der Waals surface area contributed by atoms with E-state index in [0.717, 1.165) is 17.1 Å². The fourth-order valence-corrected chi connectivity index (χ4v) is 2.46. The van der Waals surface area contributed by atoms with Crippen LogP contribution in [0.1, 0.15) is 33.6 Å². The molecule has 0 nitrogen and oxygen atoms in total. The van der Waals surface area contributed by atoms with Gasteiger partial charge in [-0.2, -0.15) is 11.8 Å². The van der Waals surface area contributed by atoms with Crippen LogP contribution >= 0.6 is 11.8 Å². The second-order valence-corrected chi connectivity index (χ2v) is 5.19. The van der Waals surface area contributed by atoms with Crippen LogP contribution in [0.25, 0.3) is 0 Å². The van der Waals surface area contributed by atoms with Crippen LogP contribution < -0.4 is 0 Å². The van der Waals surface area contributed by atoms with Gasteiger partial charge >= 0.3 is 0 Å². The summed E-state index contributed by atoms with van der Waals surface area (Å²) in [6, 6.07) is 0. The maximum atomic E-state index is 2.37. The van der Waals surface area contributed by atoms with Gasteiger partial charge in [0.05, 0.1) is 0 Å². The van der Waals surface area contributed by atoms with Gasteiger partial charge in [-0.1, -0.05) is 20.8 Å². The minimum atomic E-state index is 0.903. The molecular formula is C9H18S.